The summed E-state index contributed by atoms with van der Waals surface area (Å²) in [6, 6.07) is 0. The van der Waals surface area contributed by atoms with Gasteiger partial charge in [0.2, 0.25) is 0 Å². The van der Waals surface area contributed by atoms with Crippen LogP contribution in [-0.4, -0.2) is 142 Å². The van der Waals surface area contributed by atoms with Crippen molar-refractivity contribution in [3.63, 3.8) is 0 Å². The molecule has 14 heteroatoms. The highest BCUT2D eigenvalue weighted by atomic mass is 16.7. The van der Waals surface area contributed by atoms with Crippen LogP contribution in [0.5, 0.6) is 0 Å². The highest BCUT2D eigenvalue weighted by Crippen LogP contribution is 2.26. The van der Waals surface area contributed by atoms with Gasteiger partial charge in [0, 0.05) is 13.0 Å². The number of esters is 1. The van der Waals surface area contributed by atoms with Crippen LogP contribution in [0.15, 0.2) is 12.2 Å². The minimum absolute atomic E-state index is 0.0632. The van der Waals surface area contributed by atoms with Crippen molar-refractivity contribution in [1.29, 1.82) is 0 Å². The van der Waals surface area contributed by atoms with Crippen LogP contribution in [0.4, 0.5) is 0 Å². The van der Waals surface area contributed by atoms with Crippen molar-refractivity contribution in [2.45, 2.75) is 242 Å². The van der Waals surface area contributed by atoms with E-state index in [4.69, 9.17) is 28.4 Å². The van der Waals surface area contributed by atoms with Crippen molar-refractivity contribution in [2.75, 3.05) is 33.0 Å². The maximum atomic E-state index is 12.9. The maximum absolute atomic E-state index is 12.9. The second kappa shape index (κ2) is 35.1. The van der Waals surface area contributed by atoms with Gasteiger partial charge in [0.25, 0.3) is 0 Å². The third-order valence-electron chi connectivity index (χ3n) is 11.5. The van der Waals surface area contributed by atoms with E-state index < -0.39 is 80.7 Å². The van der Waals surface area contributed by atoms with E-state index in [-0.39, 0.29) is 25.6 Å². The Morgan fingerprint density at radius 2 is 1.02 bits per heavy atom. The molecule has 2 saturated heterocycles. The molecule has 11 unspecified atom stereocenters. The Balaban J connectivity index is 1.78. The lowest BCUT2D eigenvalue weighted by Crippen LogP contribution is -2.61. The predicted molar refractivity (Wildman–Crippen MR) is 229 cm³/mol. The first-order valence-corrected chi connectivity index (χ1v) is 23.8. The predicted octanol–water partition coefficient (Wildman–Crippen LogP) is 5.90. The second-order valence-corrected chi connectivity index (χ2v) is 16.9. The molecule has 7 N–H and O–H groups in total. The van der Waals surface area contributed by atoms with E-state index in [1.807, 2.05) is 0 Å². The Labute approximate surface area is 361 Å². The summed E-state index contributed by atoms with van der Waals surface area (Å²) >= 11 is 0. The first-order chi connectivity index (χ1) is 29.1. The van der Waals surface area contributed by atoms with Crippen molar-refractivity contribution >= 4 is 5.97 Å². The highest BCUT2D eigenvalue weighted by Gasteiger charge is 2.47. The minimum atomic E-state index is -1.70. The zero-order valence-electron chi connectivity index (χ0n) is 37.2. The molecule has 0 amide bonds. The van der Waals surface area contributed by atoms with Crippen LogP contribution in [0, 0.1) is 0 Å². The summed E-state index contributed by atoms with van der Waals surface area (Å²) in [5.41, 5.74) is 0. The lowest BCUT2D eigenvalue weighted by Gasteiger charge is -2.42. The van der Waals surface area contributed by atoms with Crippen molar-refractivity contribution in [3.8, 4) is 0 Å². The molecule has 2 rings (SSSR count). The number of carbonyl (C=O) groups is 1. The number of allylic oxidation sites excluding steroid dienone is 2. The smallest absolute Gasteiger partial charge is 0.306 e. The molecular weight excluding hydrogens is 776 g/mol. The van der Waals surface area contributed by atoms with E-state index in [1.165, 1.54) is 83.5 Å². The average molecular weight is 863 g/mol. The van der Waals surface area contributed by atoms with Crippen LogP contribution in [0.25, 0.3) is 0 Å². The van der Waals surface area contributed by atoms with E-state index in [2.05, 4.69) is 26.0 Å². The number of unbranched alkanes of at least 4 members (excludes halogenated alkanes) is 21. The van der Waals surface area contributed by atoms with Gasteiger partial charge in [0.15, 0.2) is 12.6 Å². The molecule has 2 heterocycles. The molecule has 0 saturated carbocycles. The number of hydrogen-bond acceptors (Lipinski definition) is 14. The standard InChI is InChI=1S/C46H86O14/c1-3-5-7-9-11-13-15-16-17-18-19-20-22-24-26-28-30-55-32-35(58-38(48)29-27-25-23-21-14-12-10-8-6-4-2)33-56-45-44(54)42(52)40(50)37(60-45)34-57-46-43(53)41(51)39(49)36(31-47)59-46/h8,10,35-37,39-47,49-54H,3-7,9,11-34H2,1-2H3/b10-8-. The van der Waals surface area contributed by atoms with Gasteiger partial charge in [-0.05, 0) is 32.1 Å². The van der Waals surface area contributed by atoms with E-state index in [1.54, 1.807) is 0 Å². The molecule has 2 fully saturated rings. The summed E-state index contributed by atoms with van der Waals surface area (Å²) in [7, 11) is 0. The minimum Gasteiger partial charge on any atom is -0.457 e. The average Bonchev–Trinajstić information content (AvgIpc) is 3.24. The fourth-order valence-corrected chi connectivity index (χ4v) is 7.58. The molecule has 0 aliphatic carbocycles. The van der Waals surface area contributed by atoms with E-state index >= 15 is 0 Å². The number of rotatable bonds is 37. The summed E-state index contributed by atoms with van der Waals surface area (Å²) in [5.74, 6) is -0.386. The maximum Gasteiger partial charge on any atom is 0.306 e. The van der Waals surface area contributed by atoms with Gasteiger partial charge < -0.3 is 64.2 Å². The Morgan fingerprint density at radius 3 is 1.58 bits per heavy atom. The van der Waals surface area contributed by atoms with Crippen LogP contribution in [-0.2, 0) is 33.2 Å². The summed E-state index contributed by atoms with van der Waals surface area (Å²) in [4.78, 5) is 12.9. The largest absolute Gasteiger partial charge is 0.457 e. The van der Waals surface area contributed by atoms with Gasteiger partial charge >= 0.3 is 5.97 Å². The van der Waals surface area contributed by atoms with Crippen molar-refractivity contribution in [2.24, 2.45) is 0 Å². The third-order valence-corrected chi connectivity index (χ3v) is 11.5. The van der Waals surface area contributed by atoms with Crippen LogP contribution in [0.2, 0.25) is 0 Å². The van der Waals surface area contributed by atoms with Crippen LogP contribution in [0.1, 0.15) is 174 Å². The Kier molecular flexibility index (Phi) is 32.1. The molecule has 0 aromatic heterocycles. The van der Waals surface area contributed by atoms with Crippen LogP contribution >= 0.6 is 0 Å². The number of carbonyl (C=O) groups excluding carboxylic acids is 1. The van der Waals surface area contributed by atoms with Gasteiger partial charge in [-0.25, -0.2) is 0 Å². The molecule has 0 spiro atoms. The number of aliphatic hydroxyl groups excluding tert-OH is 7. The molecule has 0 bridgehead atoms. The van der Waals surface area contributed by atoms with Gasteiger partial charge in [-0.1, -0.05) is 148 Å². The fourth-order valence-electron chi connectivity index (χ4n) is 7.58. The second-order valence-electron chi connectivity index (χ2n) is 16.9. The van der Waals surface area contributed by atoms with Gasteiger partial charge in [0.05, 0.1) is 26.4 Å². The molecule has 14 nitrogen and oxygen atoms in total. The summed E-state index contributed by atoms with van der Waals surface area (Å²) < 4.78 is 34.1. The summed E-state index contributed by atoms with van der Waals surface area (Å²) in [6.45, 7) is 3.62. The van der Waals surface area contributed by atoms with E-state index in [0.717, 1.165) is 64.2 Å². The molecule has 0 aromatic carbocycles. The van der Waals surface area contributed by atoms with E-state index in [9.17, 15) is 40.5 Å². The Hall–Kier alpha value is -1.27. The van der Waals surface area contributed by atoms with Crippen molar-refractivity contribution in [1.82, 2.24) is 0 Å². The zero-order chi connectivity index (χ0) is 43.8. The molecule has 0 aromatic rings. The topological polar surface area (TPSA) is 214 Å². The number of aliphatic hydroxyl groups is 7. The Morgan fingerprint density at radius 1 is 0.533 bits per heavy atom. The third kappa shape index (κ3) is 23.4. The fraction of sp³-hybridized carbons (Fsp3) is 0.935. The van der Waals surface area contributed by atoms with Crippen LogP contribution in [0.3, 0.4) is 0 Å². The molecule has 2 aliphatic rings. The quantitative estimate of drug-likeness (QED) is 0.0220. The molecule has 0 radical (unpaired) electrons. The first-order valence-electron chi connectivity index (χ1n) is 23.8. The SMILES string of the molecule is CCC/C=C\CCCCCCCC(=O)OC(COCCCCCCCCCCCCCCCCCC)COC1OC(COC2OC(CO)C(O)C(O)C2O)C(O)C(O)C1O. The van der Waals surface area contributed by atoms with Gasteiger partial charge in [0.1, 0.15) is 54.9 Å². The van der Waals surface area contributed by atoms with Crippen molar-refractivity contribution < 1.29 is 69.0 Å². The van der Waals surface area contributed by atoms with Crippen molar-refractivity contribution in [3.05, 3.63) is 12.2 Å². The molecule has 354 valence electrons. The molecular formula is C46H86O14. The first kappa shape index (κ1) is 54.9. The zero-order valence-corrected chi connectivity index (χ0v) is 37.2. The summed E-state index contributed by atoms with van der Waals surface area (Å²) in [6.07, 6.45) is 17.2. The molecule has 60 heavy (non-hydrogen) atoms. The van der Waals surface area contributed by atoms with Gasteiger partial charge in [-0.2, -0.15) is 0 Å². The number of hydrogen-bond donors (Lipinski definition) is 7. The lowest BCUT2D eigenvalue weighted by atomic mass is 9.98. The Bertz CT molecular complexity index is 1050. The molecule has 11 atom stereocenters. The van der Waals surface area contributed by atoms with Gasteiger partial charge in [-0.15, -0.1) is 0 Å². The van der Waals surface area contributed by atoms with E-state index in [0.29, 0.717) is 13.0 Å². The van der Waals surface area contributed by atoms with Crippen LogP contribution < -0.4 is 0 Å². The highest BCUT2D eigenvalue weighted by molar-refractivity contribution is 5.69. The van der Waals surface area contributed by atoms with Gasteiger partial charge in [-0.3, -0.25) is 4.79 Å². The number of ether oxygens (including phenoxy) is 6. The normalized spacial score (nSPS) is 27.8. The summed E-state index contributed by atoms with van der Waals surface area (Å²) in [5, 5.41) is 71.9. The lowest BCUT2D eigenvalue weighted by molar-refractivity contribution is -0.332. The molecule has 2 aliphatic heterocycles. The monoisotopic (exact) mass is 863 g/mol.